The van der Waals surface area contributed by atoms with Crippen molar-refractivity contribution in [1.82, 2.24) is 4.90 Å². The predicted octanol–water partition coefficient (Wildman–Crippen LogP) is 4.13. The SMILES string of the molecule is O=C(c1ccc(-c2ccccc2F)s1)N1CCCSCC1. The maximum Gasteiger partial charge on any atom is 0.263 e. The van der Waals surface area contributed by atoms with E-state index in [9.17, 15) is 9.18 Å². The van der Waals surface area contributed by atoms with Gasteiger partial charge in [0.2, 0.25) is 0 Å². The Bertz CT molecular complexity index is 633. The van der Waals surface area contributed by atoms with Gasteiger partial charge < -0.3 is 4.90 Å². The molecular formula is C16H16FNOS2. The first-order valence-electron chi connectivity index (χ1n) is 6.97. The molecule has 5 heteroatoms. The monoisotopic (exact) mass is 321 g/mol. The third-order valence-corrected chi connectivity index (χ3v) is 5.62. The molecule has 1 aliphatic rings. The summed E-state index contributed by atoms with van der Waals surface area (Å²) in [6.45, 7) is 1.62. The van der Waals surface area contributed by atoms with Gasteiger partial charge in [-0.3, -0.25) is 4.79 Å². The van der Waals surface area contributed by atoms with Gasteiger partial charge in [0.15, 0.2) is 0 Å². The van der Waals surface area contributed by atoms with Crippen LogP contribution in [-0.2, 0) is 0 Å². The molecule has 0 aliphatic carbocycles. The number of amides is 1. The molecule has 1 saturated heterocycles. The summed E-state index contributed by atoms with van der Waals surface area (Å²) in [4.78, 5) is 15.9. The first-order valence-corrected chi connectivity index (χ1v) is 8.94. The van der Waals surface area contributed by atoms with E-state index in [0.717, 1.165) is 35.9 Å². The Morgan fingerprint density at radius 1 is 1.10 bits per heavy atom. The zero-order valence-corrected chi connectivity index (χ0v) is 13.2. The van der Waals surface area contributed by atoms with Gasteiger partial charge in [0.1, 0.15) is 5.82 Å². The van der Waals surface area contributed by atoms with Crippen LogP contribution in [0.4, 0.5) is 4.39 Å². The van der Waals surface area contributed by atoms with Crippen LogP contribution in [0.25, 0.3) is 10.4 Å². The van der Waals surface area contributed by atoms with Gasteiger partial charge >= 0.3 is 0 Å². The van der Waals surface area contributed by atoms with Crippen molar-refractivity contribution in [1.29, 1.82) is 0 Å². The van der Waals surface area contributed by atoms with Crippen LogP contribution in [-0.4, -0.2) is 35.4 Å². The molecule has 0 spiro atoms. The molecule has 0 unspecified atom stereocenters. The van der Waals surface area contributed by atoms with Crippen LogP contribution in [0.15, 0.2) is 36.4 Å². The van der Waals surface area contributed by atoms with Gasteiger partial charge in [-0.05, 0) is 30.4 Å². The van der Waals surface area contributed by atoms with Crippen molar-refractivity contribution in [2.45, 2.75) is 6.42 Å². The summed E-state index contributed by atoms with van der Waals surface area (Å²) < 4.78 is 13.8. The minimum absolute atomic E-state index is 0.0742. The van der Waals surface area contributed by atoms with Crippen molar-refractivity contribution in [3.63, 3.8) is 0 Å². The Hall–Kier alpha value is -1.33. The second-order valence-corrected chi connectivity index (χ2v) is 7.21. The number of thioether (sulfide) groups is 1. The van der Waals surface area contributed by atoms with Gasteiger partial charge in [-0.2, -0.15) is 11.8 Å². The molecule has 21 heavy (non-hydrogen) atoms. The Labute approximate surface area is 132 Å². The summed E-state index contributed by atoms with van der Waals surface area (Å²) in [6, 6.07) is 10.3. The van der Waals surface area contributed by atoms with E-state index < -0.39 is 0 Å². The highest BCUT2D eigenvalue weighted by atomic mass is 32.2. The number of hydrogen-bond donors (Lipinski definition) is 0. The van der Waals surface area contributed by atoms with Crippen LogP contribution in [0.2, 0.25) is 0 Å². The normalized spacial score (nSPS) is 15.8. The number of thiophene rings is 1. The number of halogens is 1. The molecule has 1 aromatic carbocycles. The molecule has 2 nitrogen and oxygen atoms in total. The summed E-state index contributed by atoms with van der Waals surface area (Å²) in [6.07, 6.45) is 1.04. The topological polar surface area (TPSA) is 20.3 Å². The van der Waals surface area contributed by atoms with Crippen molar-refractivity contribution in [2.24, 2.45) is 0 Å². The van der Waals surface area contributed by atoms with Gasteiger partial charge in [0.05, 0.1) is 4.88 Å². The van der Waals surface area contributed by atoms with Crippen LogP contribution < -0.4 is 0 Å². The summed E-state index contributed by atoms with van der Waals surface area (Å²) in [5, 5.41) is 0. The zero-order chi connectivity index (χ0) is 14.7. The van der Waals surface area contributed by atoms with Gasteiger partial charge in [0.25, 0.3) is 5.91 Å². The lowest BCUT2D eigenvalue weighted by Crippen LogP contribution is -2.32. The summed E-state index contributed by atoms with van der Waals surface area (Å²) in [5.41, 5.74) is 0.563. The minimum atomic E-state index is -0.246. The van der Waals surface area contributed by atoms with Crippen LogP contribution >= 0.6 is 23.1 Å². The fourth-order valence-corrected chi connectivity index (χ4v) is 4.25. The highest BCUT2D eigenvalue weighted by Gasteiger charge is 2.19. The largest absolute Gasteiger partial charge is 0.337 e. The number of carbonyl (C=O) groups excluding carboxylic acids is 1. The van der Waals surface area contributed by atoms with Gasteiger partial charge in [0, 0.05) is 29.3 Å². The fourth-order valence-electron chi connectivity index (χ4n) is 2.36. The van der Waals surface area contributed by atoms with Crippen molar-refractivity contribution in [3.05, 3.63) is 47.1 Å². The van der Waals surface area contributed by atoms with Crippen molar-refractivity contribution in [2.75, 3.05) is 24.6 Å². The molecular weight excluding hydrogens is 305 g/mol. The van der Waals surface area contributed by atoms with E-state index in [0.29, 0.717) is 10.4 Å². The van der Waals surface area contributed by atoms with E-state index in [2.05, 4.69) is 0 Å². The minimum Gasteiger partial charge on any atom is -0.337 e. The number of hydrogen-bond acceptors (Lipinski definition) is 3. The van der Waals surface area contributed by atoms with Crippen LogP contribution in [0.3, 0.4) is 0 Å². The van der Waals surface area contributed by atoms with E-state index in [1.807, 2.05) is 34.9 Å². The maximum absolute atomic E-state index is 13.8. The first-order chi connectivity index (χ1) is 10.3. The quantitative estimate of drug-likeness (QED) is 0.829. The Morgan fingerprint density at radius 2 is 1.95 bits per heavy atom. The number of benzene rings is 1. The molecule has 1 fully saturated rings. The highest BCUT2D eigenvalue weighted by molar-refractivity contribution is 7.99. The molecule has 2 aromatic rings. The Kier molecular flexibility index (Phi) is 4.60. The molecule has 2 heterocycles. The highest BCUT2D eigenvalue weighted by Crippen LogP contribution is 2.30. The lowest BCUT2D eigenvalue weighted by atomic mass is 10.2. The van der Waals surface area contributed by atoms with Gasteiger partial charge in [-0.15, -0.1) is 11.3 Å². The molecule has 0 bridgehead atoms. The van der Waals surface area contributed by atoms with Crippen molar-refractivity contribution in [3.8, 4) is 10.4 Å². The van der Waals surface area contributed by atoms with E-state index in [-0.39, 0.29) is 11.7 Å². The fraction of sp³-hybridized carbons (Fsp3) is 0.312. The zero-order valence-electron chi connectivity index (χ0n) is 11.5. The maximum atomic E-state index is 13.8. The third-order valence-electron chi connectivity index (χ3n) is 3.47. The number of rotatable bonds is 2. The summed E-state index contributed by atoms with van der Waals surface area (Å²) in [5.74, 6) is 1.95. The van der Waals surface area contributed by atoms with Crippen molar-refractivity contribution < 1.29 is 9.18 Å². The standard InChI is InChI=1S/C16H16FNOS2/c17-13-5-2-1-4-12(13)14-6-7-15(21-14)16(19)18-8-3-10-20-11-9-18/h1-2,4-7H,3,8-11H2. The average Bonchev–Trinajstić information content (AvgIpc) is 2.82. The third kappa shape index (κ3) is 3.30. The van der Waals surface area contributed by atoms with E-state index in [4.69, 9.17) is 0 Å². The first kappa shape index (κ1) is 14.6. The molecule has 1 aromatic heterocycles. The van der Waals surface area contributed by atoms with Crippen LogP contribution in [0, 0.1) is 5.82 Å². The van der Waals surface area contributed by atoms with Gasteiger partial charge in [-0.1, -0.05) is 18.2 Å². The molecule has 0 atom stereocenters. The second-order valence-electron chi connectivity index (χ2n) is 4.90. The van der Waals surface area contributed by atoms with E-state index in [1.165, 1.54) is 17.4 Å². The second kappa shape index (κ2) is 6.62. The summed E-state index contributed by atoms with van der Waals surface area (Å²) >= 11 is 3.27. The van der Waals surface area contributed by atoms with Crippen molar-refractivity contribution >= 4 is 29.0 Å². The molecule has 0 N–H and O–H groups in total. The number of nitrogens with zero attached hydrogens (tertiary/aromatic N) is 1. The van der Waals surface area contributed by atoms with Crippen LogP contribution in [0.5, 0.6) is 0 Å². The molecule has 0 radical (unpaired) electrons. The predicted molar refractivity (Wildman–Crippen MR) is 87.6 cm³/mol. The Morgan fingerprint density at radius 3 is 2.81 bits per heavy atom. The number of carbonyl (C=O) groups is 1. The molecule has 1 aliphatic heterocycles. The average molecular weight is 321 g/mol. The van der Waals surface area contributed by atoms with Crippen LogP contribution in [0.1, 0.15) is 16.1 Å². The Balaban J connectivity index is 1.81. The molecule has 110 valence electrons. The lowest BCUT2D eigenvalue weighted by Gasteiger charge is -2.18. The van der Waals surface area contributed by atoms with Gasteiger partial charge in [-0.25, -0.2) is 4.39 Å². The smallest absolute Gasteiger partial charge is 0.263 e. The summed E-state index contributed by atoms with van der Waals surface area (Å²) in [7, 11) is 0. The van der Waals surface area contributed by atoms with E-state index >= 15 is 0 Å². The molecule has 1 amide bonds. The lowest BCUT2D eigenvalue weighted by molar-refractivity contribution is 0.0773. The molecule has 3 rings (SSSR count). The molecule has 0 saturated carbocycles. The van der Waals surface area contributed by atoms with E-state index in [1.54, 1.807) is 12.1 Å².